The molecule has 4 rings (SSSR count). The quantitative estimate of drug-likeness (QED) is 0.221. The van der Waals surface area contributed by atoms with E-state index in [0.29, 0.717) is 22.6 Å². The molecule has 4 aromatic rings. The Morgan fingerprint density at radius 1 is 0.784 bits per heavy atom. The van der Waals surface area contributed by atoms with Crippen molar-refractivity contribution in [2.75, 3.05) is 14.2 Å². The van der Waals surface area contributed by atoms with Gasteiger partial charge in [-0.25, -0.2) is 0 Å². The Balaban J connectivity index is 1.50. The lowest BCUT2D eigenvalue weighted by molar-refractivity contribution is -0.115. The van der Waals surface area contributed by atoms with Gasteiger partial charge < -0.3 is 13.9 Å². The van der Waals surface area contributed by atoms with Crippen molar-refractivity contribution < 1.29 is 23.5 Å². The first kappa shape index (κ1) is 24.9. The van der Waals surface area contributed by atoms with Crippen LogP contribution in [-0.2, 0) is 9.59 Å². The number of rotatable bonds is 7. The van der Waals surface area contributed by atoms with Crippen LogP contribution in [0.5, 0.6) is 11.5 Å². The smallest absolute Gasteiger partial charge is 0.326 e. The summed E-state index contributed by atoms with van der Waals surface area (Å²) in [7, 11) is 3.16. The molecule has 0 spiro atoms. The lowest BCUT2D eigenvalue weighted by atomic mass is 10.2. The van der Waals surface area contributed by atoms with Crippen molar-refractivity contribution in [2.45, 2.75) is 0 Å². The van der Waals surface area contributed by atoms with Gasteiger partial charge in [-0.1, -0.05) is 36.4 Å². The van der Waals surface area contributed by atoms with Gasteiger partial charge in [-0.3, -0.25) is 20.2 Å². The average Bonchev–Trinajstić information content (AvgIpc) is 3.33. The van der Waals surface area contributed by atoms with Crippen molar-refractivity contribution in [2.24, 2.45) is 4.99 Å². The monoisotopic (exact) mass is 496 g/mol. The van der Waals surface area contributed by atoms with Crippen molar-refractivity contribution in [3.63, 3.8) is 0 Å². The first-order valence-electron chi connectivity index (χ1n) is 11.2. The van der Waals surface area contributed by atoms with E-state index in [4.69, 9.17) is 13.9 Å². The molecule has 37 heavy (non-hydrogen) atoms. The summed E-state index contributed by atoms with van der Waals surface area (Å²) in [5, 5.41) is 5.13. The second kappa shape index (κ2) is 12.0. The number of aromatic nitrogens is 1. The van der Waals surface area contributed by atoms with Crippen molar-refractivity contribution in [3.05, 3.63) is 96.1 Å². The number of hydrogen-bond donors (Lipinski definition) is 2. The minimum atomic E-state index is -0.509. The van der Waals surface area contributed by atoms with Crippen molar-refractivity contribution >= 4 is 47.0 Å². The molecule has 0 aliphatic carbocycles. The number of hydrogen-bond acceptors (Lipinski definition) is 7. The van der Waals surface area contributed by atoms with E-state index >= 15 is 0 Å². The van der Waals surface area contributed by atoms with E-state index in [-0.39, 0.29) is 12.0 Å². The summed E-state index contributed by atoms with van der Waals surface area (Å²) in [6, 6.07) is 21.5. The highest BCUT2D eigenvalue weighted by Gasteiger charge is 2.11. The number of nitrogens with zero attached hydrogens (tertiary/aromatic N) is 2. The fourth-order valence-electron chi connectivity index (χ4n) is 3.18. The molecule has 1 aromatic heterocycles. The lowest BCUT2D eigenvalue weighted by Crippen LogP contribution is -2.42. The lowest BCUT2D eigenvalue weighted by Gasteiger charge is -2.06. The highest BCUT2D eigenvalue weighted by atomic mass is 16.5. The van der Waals surface area contributed by atoms with Crippen molar-refractivity contribution in [3.8, 4) is 11.5 Å². The third-order valence-electron chi connectivity index (χ3n) is 5.06. The zero-order chi connectivity index (χ0) is 26.0. The van der Waals surface area contributed by atoms with Crippen LogP contribution in [-0.4, -0.2) is 37.0 Å². The molecule has 0 aliphatic heterocycles. The van der Waals surface area contributed by atoms with Crippen LogP contribution in [0.2, 0.25) is 0 Å². The molecule has 0 fully saturated rings. The summed E-state index contributed by atoms with van der Waals surface area (Å²) in [6.45, 7) is 0. The molecule has 1 heterocycles. The molecule has 0 atom stereocenters. The van der Waals surface area contributed by atoms with Gasteiger partial charge in [0, 0.05) is 12.2 Å². The Labute approximate surface area is 213 Å². The zero-order valence-corrected chi connectivity index (χ0v) is 20.2. The number of ether oxygens (including phenoxy) is 2. The van der Waals surface area contributed by atoms with Gasteiger partial charge in [0.05, 0.1) is 14.2 Å². The van der Waals surface area contributed by atoms with E-state index < -0.39 is 11.8 Å². The number of oxazole rings is 1. The summed E-state index contributed by atoms with van der Waals surface area (Å²) >= 11 is 0. The number of methoxy groups -OCH3 is 2. The van der Waals surface area contributed by atoms with Crippen LogP contribution in [0.25, 0.3) is 23.3 Å². The molecule has 3 aromatic carbocycles. The fraction of sp³-hybridized carbons (Fsp3) is 0.0714. The standard InChI is InChI=1S/C28H24N4O5/c1-35-21-13-7-19(8-14-21)11-17-25(33)30-27(32-28-29-23-5-3-4-6-24(23)37-28)31-26(34)18-12-20-9-15-22(36-2)16-10-20/h3-18H,1-2H3,(H2,29,30,31,32,33,34)/b17-11+,18-12+. The number of aliphatic imine (C=N–C) groups is 1. The largest absolute Gasteiger partial charge is 0.497 e. The summed E-state index contributed by atoms with van der Waals surface area (Å²) in [6.07, 6.45) is 5.89. The molecule has 0 bridgehead atoms. The van der Waals surface area contributed by atoms with Gasteiger partial charge in [0.1, 0.15) is 17.0 Å². The Bertz CT molecular complexity index is 1360. The van der Waals surface area contributed by atoms with Crippen LogP contribution in [0.4, 0.5) is 6.01 Å². The topological polar surface area (TPSA) is 115 Å². The van der Waals surface area contributed by atoms with E-state index in [1.54, 1.807) is 68.8 Å². The third kappa shape index (κ3) is 7.15. The van der Waals surface area contributed by atoms with Crippen LogP contribution in [0.3, 0.4) is 0 Å². The third-order valence-corrected chi connectivity index (χ3v) is 5.06. The zero-order valence-electron chi connectivity index (χ0n) is 20.2. The second-order valence-corrected chi connectivity index (χ2v) is 7.62. The van der Waals surface area contributed by atoms with E-state index in [1.807, 2.05) is 30.3 Å². The van der Waals surface area contributed by atoms with E-state index in [1.165, 1.54) is 12.2 Å². The van der Waals surface area contributed by atoms with E-state index in [0.717, 1.165) is 11.1 Å². The van der Waals surface area contributed by atoms with Crippen LogP contribution in [0, 0.1) is 0 Å². The van der Waals surface area contributed by atoms with Crippen LogP contribution < -0.4 is 20.1 Å². The number of amides is 2. The molecule has 9 nitrogen and oxygen atoms in total. The average molecular weight is 497 g/mol. The normalized spacial score (nSPS) is 11.0. The van der Waals surface area contributed by atoms with Gasteiger partial charge in [0.15, 0.2) is 5.58 Å². The summed E-state index contributed by atoms with van der Waals surface area (Å²) in [5.74, 6) is 0.259. The van der Waals surface area contributed by atoms with Gasteiger partial charge >= 0.3 is 6.01 Å². The molecule has 0 saturated heterocycles. The minimum Gasteiger partial charge on any atom is -0.497 e. The Morgan fingerprint density at radius 3 is 1.78 bits per heavy atom. The molecule has 9 heteroatoms. The molecular formula is C28H24N4O5. The number of guanidine groups is 1. The number of nitrogens with one attached hydrogen (secondary N) is 2. The van der Waals surface area contributed by atoms with Crippen LogP contribution in [0.15, 0.2) is 94.4 Å². The Morgan fingerprint density at radius 2 is 1.30 bits per heavy atom. The summed E-state index contributed by atoms with van der Waals surface area (Å²) in [5.41, 5.74) is 2.70. The maximum atomic E-state index is 12.6. The van der Waals surface area contributed by atoms with E-state index in [9.17, 15) is 9.59 Å². The second-order valence-electron chi connectivity index (χ2n) is 7.62. The first-order chi connectivity index (χ1) is 18.0. The molecule has 0 aliphatic rings. The van der Waals surface area contributed by atoms with Crippen molar-refractivity contribution in [1.82, 2.24) is 15.6 Å². The minimum absolute atomic E-state index is 0.0185. The van der Waals surface area contributed by atoms with Gasteiger partial charge in [-0.05, 0) is 59.7 Å². The number of carbonyl (C=O) groups excluding carboxylic acids is 2. The van der Waals surface area contributed by atoms with Gasteiger partial charge in [-0.2, -0.15) is 9.98 Å². The van der Waals surface area contributed by atoms with Crippen LogP contribution in [0.1, 0.15) is 11.1 Å². The molecule has 0 radical (unpaired) electrons. The molecule has 0 saturated carbocycles. The summed E-state index contributed by atoms with van der Waals surface area (Å²) in [4.78, 5) is 33.7. The van der Waals surface area contributed by atoms with Gasteiger partial charge in [0.2, 0.25) is 5.96 Å². The maximum Gasteiger partial charge on any atom is 0.326 e. The summed E-state index contributed by atoms with van der Waals surface area (Å²) < 4.78 is 15.9. The molecular weight excluding hydrogens is 472 g/mol. The van der Waals surface area contributed by atoms with E-state index in [2.05, 4.69) is 20.6 Å². The predicted molar refractivity (Wildman–Crippen MR) is 141 cm³/mol. The number of fused-ring (bicyclic) bond motifs is 1. The maximum absolute atomic E-state index is 12.6. The molecule has 2 N–H and O–H groups in total. The van der Waals surface area contributed by atoms with Gasteiger partial charge in [-0.15, -0.1) is 0 Å². The van der Waals surface area contributed by atoms with Gasteiger partial charge in [0.25, 0.3) is 11.8 Å². The molecule has 0 unspecified atom stereocenters. The highest BCUT2D eigenvalue weighted by Crippen LogP contribution is 2.20. The van der Waals surface area contributed by atoms with Crippen LogP contribution >= 0.6 is 0 Å². The number of para-hydroxylation sites is 2. The Kier molecular flexibility index (Phi) is 8.07. The number of benzene rings is 3. The Hall–Kier alpha value is -5.18. The SMILES string of the molecule is COc1ccc(/C=C/C(=O)NC(=Nc2nc3ccccc3o2)NC(=O)/C=C/c2ccc(OC)cc2)cc1. The molecule has 2 amide bonds. The fourth-order valence-corrected chi connectivity index (χ4v) is 3.18. The number of carbonyl (C=O) groups is 2. The predicted octanol–water partition coefficient (Wildman–Crippen LogP) is 4.49. The first-order valence-corrected chi connectivity index (χ1v) is 11.2. The molecule has 186 valence electrons. The van der Waals surface area contributed by atoms with Crippen molar-refractivity contribution in [1.29, 1.82) is 0 Å². The highest BCUT2D eigenvalue weighted by molar-refractivity contribution is 6.11.